The molecule has 0 atom stereocenters. The lowest BCUT2D eigenvalue weighted by atomic mass is 9.79. The minimum absolute atomic E-state index is 0.0219. The molecule has 0 saturated carbocycles. The van der Waals surface area contributed by atoms with Gasteiger partial charge in [0.1, 0.15) is 23.0 Å². The van der Waals surface area contributed by atoms with Gasteiger partial charge < -0.3 is 68.1 Å². The molecule has 0 fully saturated rings. The maximum absolute atomic E-state index is 12.5. The van der Waals surface area contributed by atoms with Gasteiger partial charge in [0.05, 0.1) is 50.3 Å². The predicted octanol–water partition coefficient (Wildman–Crippen LogP) is 5.40. The molecular weight excluding hydrogens is 1240 g/mol. The minimum atomic E-state index is -1.54. The number of aromatic nitrogens is 6. The molecule has 8 heterocycles. The third-order valence-electron chi connectivity index (χ3n) is 13.2. The number of aryl methyl sites for hydroxylation is 3. The van der Waals surface area contributed by atoms with Crippen LogP contribution in [0.15, 0.2) is 119 Å². The van der Waals surface area contributed by atoms with Crippen molar-refractivity contribution in [2.45, 2.75) is 39.0 Å². The van der Waals surface area contributed by atoms with Crippen LogP contribution in [0.25, 0.3) is 32.7 Å². The van der Waals surface area contributed by atoms with Gasteiger partial charge in [0, 0.05) is 138 Å². The summed E-state index contributed by atoms with van der Waals surface area (Å²) in [5.41, 5.74) is 8.42. The van der Waals surface area contributed by atoms with E-state index in [1.807, 2.05) is 63.7 Å². The molecule has 2 aliphatic heterocycles. The predicted molar refractivity (Wildman–Crippen MR) is 329 cm³/mol. The Morgan fingerprint density at radius 2 is 1.02 bits per heavy atom. The summed E-state index contributed by atoms with van der Waals surface area (Å²) in [6.45, 7) is 4.51. The highest BCUT2D eigenvalue weighted by Gasteiger charge is 2.23. The second kappa shape index (κ2) is 29.5. The van der Waals surface area contributed by atoms with Crippen LogP contribution in [0, 0.1) is 0 Å². The molecule has 20 nitrogen and oxygen atoms in total. The van der Waals surface area contributed by atoms with Gasteiger partial charge in [-0.25, -0.2) is 0 Å². The third-order valence-corrected chi connectivity index (χ3v) is 15.2. The van der Waals surface area contributed by atoms with Crippen molar-refractivity contribution in [1.82, 2.24) is 49.1 Å². The summed E-state index contributed by atoms with van der Waals surface area (Å²) in [5, 5.41) is 27.9. The maximum Gasteiger partial charge on any atom is 0.488 e. The number of fused-ring (bicyclic) bond motifs is 4. The van der Waals surface area contributed by atoms with E-state index in [4.69, 9.17) is 18.9 Å². The summed E-state index contributed by atoms with van der Waals surface area (Å²) in [7, 11) is 18.1. The van der Waals surface area contributed by atoms with Crippen LogP contribution in [-0.2, 0) is 60.2 Å². The van der Waals surface area contributed by atoms with Crippen molar-refractivity contribution < 1.29 is 29.0 Å². The van der Waals surface area contributed by atoms with Crippen molar-refractivity contribution in [3.8, 4) is 34.1 Å². The highest BCUT2D eigenvalue weighted by atomic mass is 79.9. The molecule has 10 rings (SSSR count). The van der Waals surface area contributed by atoms with Gasteiger partial charge in [0.2, 0.25) is 0 Å². The Morgan fingerprint density at radius 1 is 0.580 bits per heavy atom. The van der Waals surface area contributed by atoms with Crippen LogP contribution in [0.5, 0.6) is 23.0 Å². The van der Waals surface area contributed by atoms with Crippen molar-refractivity contribution in [2.24, 2.45) is 21.1 Å². The largest absolute Gasteiger partial charge is 0.496 e. The topological polar surface area (TPSA) is 233 Å². The Bertz CT molecular complexity index is 3710. The van der Waals surface area contributed by atoms with E-state index in [-0.39, 0.29) is 22.2 Å². The Labute approximate surface area is 495 Å². The maximum atomic E-state index is 12.5. The monoisotopic (exact) mass is 1300 g/mol. The van der Waals surface area contributed by atoms with Crippen molar-refractivity contribution in [3.63, 3.8) is 0 Å². The Morgan fingerprint density at radius 3 is 1.52 bits per heavy atom. The summed E-state index contributed by atoms with van der Waals surface area (Å²) in [6, 6.07) is 10.9. The molecule has 0 radical (unpaired) electrons. The fourth-order valence-electron chi connectivity index (χ4n) is 9.22. The number of halogens is 3. The number of methoxy groups -OCH3 is 4. The number of H-pyrrole nitrogens is 1. The molecule has 5 N–H and O–H groups in total. The lowest BCUT2D eigenvalue weighted by Crippen LogP contribution is -2.33. The lowest BCUT2D eigenvalue weighted by Gasteiger charge is -2.23. The number of aromatic amines is 1. The summed E-state index contributed by atoms with van der Waals surface area (Å²) >= 11 is 10.2. The van der Waals surface area contributed by atoms with E-state index in [1.165, 1.54) is 10.1 Å². The van der Waals surface area contributed by atoms with E-state index in [2.05, 4.69) is 78.3 Å². The van der Waals surface area contributed by atoms with Gasteiger partial charge in [0.15, 0.2) is 0 Å². The zero-order valence-corrected chi connectivity index (χ0v) is 52.0. The number of hydrogen-bond acceptors (Lipinski definition) is 16. The molecule has 0 aliphatic carbocycles. The first-order valence-corrected chi connectivity index (χ1v) is 27.9. The number of pyridine rings is 6. The minimum Gasteiger partial charge on any atom is -0.496 e. The van der Waals surface area contributed by atoms with Crippen LogP contribution < -0.4 is 57.3 Å². The quantitative estimate of drug-likeness (QED) is 0.108. The van der Waals surface area contributed by atoms with Gasteiger partial charge in [-0.2, -0.15) is 0 Å². The Balaban J connectivity index is 0.000000169. The third kappa shape index (κ3) is 15.8. The molecule has 0 bridgehead atoms. The van der Waals surface area contributed by atoms with Crippen molar-refractivity contribution >= 4 is 81.9 Å². The number of nitrogens with one attached hydrogen (secondary N) is 3. The molecule has 0 amide bonds. The highest BCUT2D eigenvalue weighted by molar-refractivity contribution is 9.11. The highest BCUT2D eigenvalue weighted by Crippen LogP contribution is 2.38. The normalized spacial score (nSPS) is 12.3. The van der Waals surface area contributed by atoms with Gasteiger partial charge in [-0.15, -0.1) is 0 Å². The second-order valence-electron chi connectivity index (χ2n) is 19.4. The SMILES string of the molecule is COc1cc(-c2cn(C)c(=O)c3c2CCNC3)cc(OC)c1CN(C)C.COc1cc(B(O)O)cc(OC)c1CN(C)C.Cn1cc(Br)c2c(c1=O)CNCC2.Cn1cc(Br)c2ccncc2c1=O.O=c1[nH]cc(Br)c2ccncc12. The first-order valence-electron chi connectivity index (χ1n) is 25.5. The fourth-order valence-corrected chi connectivity index (χ4v) is 11.1. The van der Waals surface area contributed by atoms with Gasteiger partial charge in [0.25, 0.3) is 22.2 Å². The van der Waals surface area contributed by atoms with Gasteiger partial charge >= 0.3 is 7.12 Å². The molecule has 0 unspecified atom stereocenters. The molecule has 0 spiro atoms. The summed E-state index contributed by atoms with van der Waals surface area (Å²) < 4.78 is 29.5. The molecule has 6 aromatic heterocycles. The van der Waals surface area contributed by atoms with Gasteiger partial charge in [-0.05, 0) is 160 Å². The standard InChI is InChI=1S/C20H27N3O3.C11H18BNO4.C9H11BrN2O.C9H7BrN2O.C8H5BrN2O/c1-22(2)11-17-18(25-4)8-13(9-19(17)26-5)16-12-23(3)20(24)15-10-21-7-6-14(15)16;1-13(2)7-9-10(16-3)5-8(12(14)15)6-11(9)17-4;2*1-12-5-8(10)6-2-3-11-4-7(6)9(12)13;9-7-4-11-8(12)6-3-10-2-1-5(6)7/h8-9,12,21H,6-7,10-11H2,1-5H3;5-6,14-15H,7H2,1-4H3;5,11H,2-4H2,1H3;2-5H,1H3;1-4H,(H,11,12). The smallest absolute Gasteiger partial charge is 0.488 e. The van der Waals surface area contributed by atoms with E-state index >= 15 is 0 Å². The van der Waals surface area contributed by atoms with E-state index in [1.54, 1.807) is 114 Å². The Hall–Kier alpha value is -6.48. The van der Waals surface area contributed by atoms with E-state index in [9.17, 15) is 29.2 Å². The average Bonchev–Trinajstić information content (AvgIpc) is 3.61. The molecular formula is C57H68BBr3N10O10. The van der Waals surface area contributed by atoms with Crippen LogP contribution >= 0.6 is 47.8 Å². The molecule has 81 heavy (non-hydrogen) atoms. The summed E-state index contributed by atoms with van der Waals surface area (Å²) in [6.07, 6.45) is 15.4. The molecule has 2 aromatic carbocycles. The van der Waals surface area contributed by atoms with Crippen LogP contribution in [-0.4, -0.2) is 125 Å². The summed E-state index contributed by atoms with van der Waals surface area (Å²) in [4.78, 5) is 61.4. The van der Waals surface area contributed by atoms with Crippen molar-refractivity contribution in [3.05, 3.63) is 174 Å². The van der Waals surface area contributed by atoms with Crippen LogP contribution in [0.3, 0.4) is 0 Å². The molecule has 24 heteroatoms. The van der Waals surface area contributed by atoms with Crippen molar-refractivity contribution in [2.75, 3.05) is 69.7 Å². The molecule has 430 valence electrons. The zero-order valence-electron chi connectivity index (χ0n) is 47.2. The number of rotatable bonds is 10. The number of benzene rings is 2. The zero-order chi connectivity index (χ0) is 59.2. The van der Waals surface area contributed by atoms with Gasteiger partial charge in [-0.1, -0.05) is 0 Å². The molecule has 0 saturated heterocycles. The number of nitrogens with zero attached hydrogens (tertiary/aromatic N) is 7. The van der Waals surface area contributed by atoms with Crippen molar-refractivity contribution in [1.29, 1.82) is 0 Å². The second-order valence-corrected chi connectivity index (χ2v) is 22.0. The van der Waals surface area contributed by atoms with Gasteiger partial charge in [-0.3, -0.25) is 29.1 Å². The van der Waals surface area contributed by atoms with Crippen LogP contribution in [0.4, 0.5) is 0 Å². The lowest BCUT2D eigenvalue weighted by molar-refractivity contribution is 0.348. The van der Waals surface area contributed by atoms with E-state index in [0.29, 0.717) is 47.4 Å². The summed E-state index contributed by atoms with van der Waals surface area (Å²) in [5.74, 6) is 2.76. The molecule has 2 aliphatic rings. The number of ether oxygens (including phenoxy) is 4. The number of hydrogen-bond donors (Lipinski definition) is 5. The molecule has 8 aromatic rings. The van der Waals surface area contributed by atoms with E-state index in [0.717, 1.165) is 107 Å². The first kappa shape index (κ1) is 63.7. The van der Waals surface area contributed by atoms with E-state index < -0.39 is 7.12 Å². The average molecular weight is 1300 g/mol. The van der Waals surface area contributed by atoms with Crippen LogP contribution in [0.2, 0.25) is 0 Å². The fraction of sp³-hybridized carbons (Fsp3) is 0.333. The Kier molecular flexibility index (Phi) is 23.2. The van der Waals surface area contributed by atoms with Crippen LogP contribution in [0.1, 0.15) is 33.4 Å². The first-order chi connectivity index (χ1) is 38.6.